The fourth-order valence-corrected chi connectivity index (χ4v) is 10.0. The van der Waals surface area contributed by atoms with Crippen LogP contribution in [-0.4, -0.2) is 3.21 Å². The number of rotatable bonds is 2. The molecule has 0 amide bonds. The maximum atomic E-state index is 2.45. The van der Waals surface area contributed by atoms with Crippen LogP contribution in [0.25, 0.3) is 0 Å². The zero-order valence-electron chi connectivity index (χ0n) is 11.5. The zero-order valence-corrected chi connectivity index (χ0v) is 15.6. The molecule has 3 heteroatoms. The summed E-state index contributed by atoms with van der Waals surface area (Å²) in [6.45, 7) is 9.14. The van der Waals surface area contributed by atoms with Crippen LogP contribution in [0.15, 0.2) is 42.0 Å². The first-order chi connectivity index (χ1) is 7.58. The Bertz CT molecular complexity index is 435. The Labute approximate surface area is 131 Å². The SMILES string of the molecule is CC1=CC[C]([Zr]([C]2=CC(C)=CC2)=[C](C)C)=C1.Cl.Cl. The smallest absolute Gasteiger partial charge is 0.147 e. The van der Waals surface area contributed by atoms with Crippen molar-refractivity contribution in [2.24, 2.45) is 0 Å². The first kappa shape index (κ1) is 18.3. The third kappa shape index (κ3) is 4.15. The van der Waals surface area contributed by atoms with Crippen molar-refractivity contribution in [1.82, 2.24) is 0 Å². The third-order valence-electron chi connectivity index (χ3n) is 3.23. The molecule has 0 saturated carbocycles. The largest absolute Gasteiger partial charge is 0.147 e. The Morgan fingerprint density at radius 2 is 1.28 bits per heavy atom. The average molecular weight is 364 g/mol. The van der Waals surface area contributed by atoms with E-state index in [-0.39, 0.29) is 24.8 Å². The average Bonchev–Trinajstić information content (AvgIpc) is 2.76. The van der Waals surface area contributed by atoms with Crippen molar-refractivity contribution >= 4 is 28.0 Å². The molecule has 0 aliphatic heterocycles. The summed E-state index contributed by atoms with van der Waals surface area (Å²) < 4.78 is 5.26. The van der Waals surface area contributed by atoms with Crippen LogP contribution in [0.1, 0.15) is 40.5 Å². The van der Waals surface area contributed by atoms with Gasteiger partial charge in [-0.3, -0.25) is 0 Å². The van der Waals surface area contributed by atoms with Gasteiger partial charge < -0.3 is 0 Å². The molecule has 0 aromatic rings. The molecule has 100 valence electrons. The molecule has 2 rings (SSSR count). The van der Waals surface area contributed by atoms with Gasteiger partial charge in [0.2, 0.25) is 0 Å². The van der Waals surface area contributed by atoms with Crippen LogP contribution in [0.5, 0.6) is 0 Å². The molecule has 0 heterocycles. The minimum absolute atomic E-state index is 0. The van der Waals surface area contributed by atoms with Crippen molar-refractivity contribution in [3.63, 3.8) is 0 Å². The van der Waals surface area contributed by atoms with Gasteiger partial charge in [-0.25, -0.2) is 0 Å². The molecule has 2 aliphatic carbocycles. The van der Waals surface area contributed by atoms with Gasteiger partial charge in [0.1, 0.15) is 0 Å². The van der Waals surface area contributed by atoms with Gasteiger partial charge >= 0.3 is 107 Å². The summed E-state index contributed by atoms with van der Waals surface area (Å²) in [6, 6.07) is 0. The van der Waals surface area contributed by atoms with Crippen molar-refractivity contribution in [2.75, 3.05) is 0 Å². The molecule has 18 heavy (non-hydrogen) atoms. The van der Waals surface area contributed by atoms with Crippen molar-refractivity contribution in [1.29, 1.82) is 0 Å². The molecule has 0 unspecified atom stereocenters. The van der Waals surface area contributed by atoms with E-state index in [0.717, 1.165) is 0 Å². The van der Waals surface area contributed by atoms with E-state index in [0.29, 0.717) is 0 Å². The fourth-order valence-electron chi connectivity index (χ4n) is 2.52. The standard InChI is InChI=1S/2C6H7.C3H6.2ClH.Zr/c2*1-6-4-2-3-5-6;1-3-2;;;/h2*4-5H,2H2,1H3;1-2H3;2*1H;. The molecule has 0 aromatic heterocycles. The van der Waals surface area contributed by atoms with Crippen LogP contribution >= 0.6 is 24.8 Å². The van der Waals surface area contributed by atoms with Crippen molar-refractivity contribution in [3.05, 3.63) is 42.0 Å². The van der Waals surface area contributed by atoms with Gasteiger partial charge in [0.05, 0.1) is 0 Å². The van der Waals surface area contributed by atoms with E-state index >= 15 is 0 Å². The van der Waals surface area contributed by atoms with Crippen LogP contribution < -0.4 is 0 Å². The van der Waals surface area contributed by atoms with Gasteiger partial charge in [-0.2, -0.15) is 0 Å². The Balaban J connectivity index is 0.00000144. The van der Waals surface area contributed by atoms with Gasteiger partial charge in [-0.05, 0) is 0 Å². The third-order valence-corrected chi connectivity index (χ3v) is 10.6. The molecule has 0 radical (unpaired) electrons. The summed E-state index contributed by atoms with van der Waals surface area (Å²) in [5.74, 6) is 0. The number of halogens is 2. The van der Waals surface area contributed by atoms with E-state index in [1.54, 1.807) is 9.77 Å². The second-order valence-corrected chi connectivity index (χ2v) is 12.5. The molecule has 2 aliphatic rings. The maximum absolute atomic E-state index is 2.45. The van der Waals surface area contributed by atoms with Gasteiger partial charge in [0.15, 0.2) is 0 Å². The van der Waals surface area contributed by atoms with Gasteiger partial charge in [0.25, 0.3) is 0 Å². The van der Waals surface area contributed by atoms with Gasteiger partial charge in [0, 0.05) is 0 Å². The predicted octanol–water partition coefficient (Wildman–Crippen LogP) is 5.13. The monoisotopic (exact) mass is 362 g/mol. The molecule has 0 aromatic carbocycles. The van der Waals surface area contributed by atoms with E-state index < -0.39 is 21.3 Å². The molecule has 0 spiro atoms. The number of hydrogen-bond acceptors (Lipinski definition) is 0. The first-order valence-electron chi connectivity index (χ1n) is 6.01. The topological polar surface area (TPSA) is 0 Å². The molecule has 0 nitrogen and oxygen atoms in total. The Morgan fingerprint density at radius 1 is 0.889 bits per heavy atom. The van der Waals surface area contributed by atoms with Crippen molar-refractivity contribution in [3.8, 4) is 0 Å². The van der Waals surface area contributed by atoms with Gasteiger partial charge in [-0.15, -0.1) is 24.8 Å². The number of hydrogen-bond donors (Lipinski definition) is 0. The fraction of sp³-hybridized carbons (Fsp3) is 0.400. The molecule has 0 saturated heterocycles. The second kappa shape index (κ2) is 7.78. The van der Waals surface area contributed by atoms with E-state index in [1.165, 1.54) is 24.0 Å². The maximum Gasteiger partial charge on any atom is -0.147 e. The molecule has 0 fully saturated rings. The predicted molar refractivity (Wildman–Crippen MR) is 83.8 cm³/mol. The summed E-state index contributed by atoms with van der Waals surface area (Å²) >= 11 is -1.59. The first-order valence-corrected chi connectivity index (χ1v) is 9.69. The van der Waals surface area contributed by atoms with E-state index in [1.807, 2.05) is 0 Å². The van der Waals surface area contributed by atoms with Crippen molar-refractivity contribution in [2.45, 2.75) is 40.5 Å². The van der Waals surface area contributed by atoms with Crippen LogP contribution in [0.2, 0.25) is 0 Å². The molecular weight excluding hydrogens is 342 g/mol. The van der Waals surface area contributed by atoms with E-state index in [4.69, 9.17) is 0 Å². The molecular formula is C15H22Cl2Zr. The summed E-state index contributed by atoms with van der Waals surface area (Å²) in [6.07, 6.45) is 12.1. The minimum Gasteiger partial charge on any atom is -0.147 e. The molecule has 0 atom stereocenters. The van der Waals surface area contributed by atoms with E-state index in [2.05, 4.69) is 52.0 Å². The number of allylic oxidation sites excluding steroid dienone is 8. The second-order valence-electron chi connectivity index (χ2n) is 5.02. The summed E-state index contributed by atoms with van der Waals surface area (Å²) in [5.41, 5.74) is 2.94. The Kier molecular flexibility index (Phi) is 7.91. The van der Waals surface area contributed by atoms with Crippen molar-refractivity contribution < 1.29 is 21.3 Å². The summed E-state index contributed by atoms with van der Waals surface area (Å²) in [4.78, 5) is 0. The molecule has 0 bridgehead atoms. The van der Waals surface area contributed by atoms with Gasteiger partial charge in [-0.1, -0.05) is 0 Å². The van der Waals surface area contributed by atoms with E-state index in [9.17, 15) is 0 Å². The quantitative estimate of drug-likeness (QED) is 0.637. The van der Waals surface area contributed by atoms with Crippen LogP contribution in [0.3, 0.4) is 0 Å². The summed E-state index contributed by atoms with van der Waals surface area (Å²) in [7, 11) is 0. The Morgan fingerprint density at radius 3 is 1.50 bits per heavy atom. The van der Waals surface area contributed by atoms with Crippen LogP contribution in [0.4, 0.5) is 0 Å². The summed E-state index contributed by atoms with van der Waals surface area (Å²) in [5, 5.41) is 0. The zero-order chi connectivity index (χ0) is 11.7. The molecule has 0 N–H and O–H groups in total. The Hall–Kier alpha value is 0.293. The normalized spacial score (nSPS) is 16.9. The van der Waals surface area contributed by atoms with Crippen LogP contribution in [-0.2, 0) is 21.3 Å². The van der Waals surface area contributed by atoms with Crippen LogP contribution in [0, 0.1) is 0 Å². The minimum atomic E-state index is -1.59.